The number of nitrogens with zero attached hydrogens (tertiary/aromatic N) is 1. The Labute approximate surface area is 165 Å². The van der Waals surface area contributed by atoms with Crippen LogP contribution in [0.4, 0.5) is 27.6 Å². The van der Waals surface area contributed by atoms with E-state index in [1.54, 1.807) is 0 Å². The molecule has 0 saturated carbocycles. The van der Waals surface area contributed by atoms with E-state index in [9.17, 15) is 31.0 Å². The number of carbonyl (C=O) groups excluding carboxylic acids is 1. The first-order valence-electron chi connectivity index (χ1n) is 8.19. The summed E-state index contributed by atoms with van der Waals surface area (Å²) in [5.41, 5.74) is -1.15. The molecule has 0 saturated heterocycles. The van der Waals surface area contributed by atoms with Crippen molar-refractivity contribution in [3.8, 4) is 0 Å². The molecular formula is C18H17F5N2O3S. The number of anilines is 1. The molecule has 11 heteroatoms. The number of hydrogen-bond donors (Lipinski definition) is 2. The molecule has 2 N–H and O–H groups in total. The molecule has 2 aromatic carbocycles. The van der Waals surface area contributed by atoms with Gasteiger partial charge in [0.2, 0.25) is 5.91 Å². The molecule has 5 nitrogen and oxygen atoms in total. The zero-order valence-corrected chi connectivity index (χ0v) is 16.1. The number of halogens is 5. The van der Waals surface area contributed by atoms with Crippen LogP contribution in [-0.2, 0) is 28.8 Å². The van der Waals surface area contributed by atoms with Crippen LogP contribution in [0.1, 0.15) is 29.5 Å². The van der Waals surface area contributed by atoms with Gasteiger partial charge in [0, 0.05) is 19.2 Å². The van der Waals surface area contributed by atoms with Gasteiger partial charge >= 0.3 is 6.18 Å². The largest absolute Gasteiger partial charge is 0.416 e. The van der Waals surface area contributed by atoms with Gasteiger partial charge in [0.15, 0.2) is 0 Å². The second kappa shape index (κ2) is 8.87. The smallest absolute Gasteiger partial charge is 0.351 e. The summed E-state index contributed by atoms with van der Waals surface area (Å²) in [6, 6.07) is 5.65. The van der Waals surface area contributed by atoms with Crippen LogP contribution in [0.5, 0.6) is 0 Å². The van der Waals surface area contributed by atoms with Crippen molar-refractivity contribution in [2.45, 2.75) is 25.6 Å². The first-order valence-corrected chi connectivity index (χ1v) is 9.25. The molecular weight excluding hydrogens is 419 g/mol. The van der Waals surface area contributed by atoms with E-state index in [1.165, 1.54) is 26.1 Å². The van der Waals surface area contributed by atoms with Gasteiger partial charge in [-0.2, -0.15) is 13.2 Å². The molecule has 0 radical (unpaired) electrons. The maximum Gasteiger partial charge on any atom is 0.416 e. The number of nitrogens with one attached hydrogen (secondary N) is 1. The Morgan fingerprint density at radius 2 is 1.83 bits per heavy atom. The summed E-state index contributed by atoms with van der Waals surface area (Å²) in [7, 11) is 1.21. The summed E-state index contributed by atoms with van der Waals surface area (Å²) in [5.74, 6) is -3.39. The van der Waals surface area contributed by atoms with Crippen LogP contribution in [0.15, 0.2) is 36.4 Å². The zero-order valence-electron chi connectivity index (χ0n) is 15.3. The van der Waals surface area contributed by atoms with Crippen LogP contribution in [0.25, 0.3) is 0 Å². The lowest BCUT2D eigenvalue weighted by molar-refractivity contribution is -0.137. The van der Waals surface area contributed by atoms with Gasteiger partial charge in [-0.15, -0.1) is 0 Å². The van der Waals surface area contributed by atoms with Crippen LogP contribution in [0.3, 0.4) is 0 Å². The standard InChI is InChI=1S/C18H17F5N2O3S/c1-10(11-4-6-16(15(20)7-11)25(2)29(27)28)17(26)24-9-12-3-5-13(8-14(12)19)18(21,22)23/h3-8,10H,9H2,1-2H3,(H,24,26)(H,27,28). The molecule has 2 unspecified atom stereocenters. The van der Waals surface area contributed by atoms with Crippen LogP contribution in [0.2, 0.25) is 0 Å². The predicted molar refractivity (Wildman–Crippen MR) is 97.2 cm³/mol. The quantitative estimate of drug-likeness (QED) is 0.532. The minimum Gasteiger partial charge on any atom is -0.351 e. The monoisotopic (exact) mass is 436 g/mol. The molecule has 0 heterocycles. The molecule has 2 rings (SSSR count). The third-order valence-electron chi connectivity index (χ3n) is 4.27. The first-order chi connectivity index (χ1) is 13.4. The third kappa shape index (κ3) is 5.51. The number of amides is 1. The van der Waals surface area contributed by atoms with E-state index in [4.69, 9.17) is 4.55 Å². The summed E-state index contributed by atoms with van der Waals surface area (Å²) in [4.78, 5) is 12.3. The minimum absolute atomic E-state index is 0.132. The van der Waals surface area contributed by atoms with Crippen molar-refractivity contribution in [2.75, 3.05) is 11.4 Å². The Bertz CT molecular complexity index is 936. The normalized spacial score (nSPS) is 13.7. The van der Waals surface area contributed by atoms with E-state index < -0.39 is 46.5 Å². The van der Waals surface area contributed by atoms with Gasteiger partial charge in [-0.05, 0) is 36.8 Å². The fourth-order valence-corrected chi connectivity index (χ4v) is 2.80. The van der Waals surface area contributed by atoms with Gasteiger partial charge < -0.3 is 5.32 Å². The second-order valence-electron chi connectivity index (χ2n) is 6.18. The van der Waals surface area contributed by atoms with Gasteiger partial charge in [0.1, 0.15) is 11.6 Å². The van der Waals surface area contributed by atoms with Gasteiger partial charge in [-0.25, -0.2) is 13.0 Å². The average Bonchev–Trinajstić information content (AvgIpc) is 2.64. The van der Waals surface area contributed by atoms with Crippen molar-refractivity contribution in [2.24, 2.45) is 0 Å². The van der Waals surface area contributed by atoms with Gasteiger partial charge in [0.05, 0.1) is 17.2 Å². The van der Waals surface area contributed by atoms with Crippen molar-refractivity contribution < 1.29 is 35.5 Å². The zero-order chi connectivity index (χ0) is 21.9. The van der Waals surface area contributed by atoms with E-state index in [2.05, 4.69) is 5.32 Å². The fourth-order valence-electron chi connectivity index (χ4n) is 2.49. The maximum atomic E-state index is 14.2. The third-order valence-corrected chi connectivity index (χ3v) is 4.94. The fraction of sp³-hybridized carbons (Fsp3) is 0.278. The number of hydrogen-bond acceptors (Lipinski definition) is 2. The van der Waals surface area contributed by atoms with E-state index in [1.807, 2.05) is 0 Å². The van der Waals surface area contributed by atoms with Gasteiger partial charge in [0.25, 0.3) is 11.3 Å². The number of carbonyl (C=O) groups is 1. The van der Waals surface area contributed by atoms with Crippen molar-refractivity contribution in [3.05, 3.63) is 64.7 Å². The molecule has 0 bridgehead atoms. The van der Waals surface area contributed by atoms with E-state index in [-0.39, 0.29) is 23.4 Å². The number of rotatable bonds is 6. The molecule has 0 aliphatic rings. The molecule has 2 atom stereocenters. The Morgan fingerprint density at radius 1 is 1.17 bits per heavy atom. The highest BCUT2D eigenvalue weighted by atomic mass is 32.2. The molecule has 0 fully saturated rings. The molecule has 2 aromatic rings. The Balaban J connectivity index is 2.08. The maximum absolute atomic E-state index is 14.2. The number of benzene rings is 2. The van der Waals surface area contributed by atoms with Gasteiger partial charge in [-0.1, -0.05) is 12.1 Å². The number of alkyl halides is 3. The average molecular weight is 436 g/mol. The second-order valence-corrected chi connectivity index (χ2v) is 7.19. The van der Waals surface area contributed by atoms with Crippen LogP contribution < -0.4 is 9.62 Å². The highest BCUT2D eigenvalue weighted by molar-refractivity contribution is 7.80. The molecule has 0 aliphatic heterocycles. The highest BCUT2D eigenvalue weighted by Crippen LogP contribution is 2.30. The molecule has 0 aromatic heterocycles. The SMILES string of the molecule is CC(C(=O)NCc1ccc(C(F)(F)F)cc1F)c1ccc(N(C)S(=O)O)c(F)c1. The Kier molecular flexibility index (Phi) is 6.96. The predicted octanol–water partition coefficient (Wildman–Crippen LogP) is 3.98. The molecule has 158 valence electrons. The summed E-state index contributed by atoms with van der Waals surface area (Å²) in [6.07, 6.45) is -4.68. The van der Waals surface area contributed by atoms with Crippen molar-refractivity contribution in [1.29, 1.82) is 0 Å². The lowest BCUT2D eigenvalue weighted by Crippen LogP contribution is -2.28. The Hall–Kier alpha value is -2.53. The Morgan fingerprint density at radius 3 is 2.34 bits per heavy atom. The molecule has 29 heavy (non-hydrogen) atoms. The first kappa shape index (κ1) is 22.8. The van der Waals surface area contributed by atoms with E-state index in [0.29, 0.717) is 12.1 Å². The summed E-state index contributed by atoms with van der Waals surface area (Å²) in [6.45, 7) is 1.11. The van der Waals surface area contributed by atoms with Crippen molar-refractivity contribution in [3.63, 3.8) is 0 Å². The van der Waals surface area contributed by atoms with E-state index in [0.717, 1.165) is 16.4 Å². The minimum atomic E-state index is -4.68. The molecule has 0 aliphatic carbocycles. The summed E-state index contributed by atoms with van der Waals surface area (Å²) >= 11 is -2.42. The van der Waals surface area contributed by atoms with E-state index >= 15 is 0 Å². The van der Waals surface area contributed by atoms with Crippen LogP contribution >= 0.6 is 0 Å². The summed E-state index contributed by atoms with van der Waals surface area (Å²) in [5, 5.41) is 2.39. The van der Waals surface area contributed by atoms with Crippen LogP contribution in [0, 0.1) is 11.6 Å². The lowest BCUT2D eigenvalue weighted by atomic mass is 9.99. The van der Waals surface area contributed by atoms with Crippen molar-refractivity contribution in [1.82, 2.24) is 5.32 Å². The van der Waals surface area contributed by atoms with Crippen LogP contribution in [-0.4, -0.2) is 21.7 Å². The molecule has 0 spiro atoms. The molecule has 1 amide bonds. The topological polar surface area (TPSA) is 69.6 Å². The lowest BCUT2D eigenvalue weighted by Gasteiger charge is -2.17. The van der Waals surface area contributed by atoms with Crippen molar-refractivity contribution >= 4 is 22.9 Å². The highest BCUT2D eigenvalue weighted by Gasteiger charge is 2.31. The van der Waals surface area contributed by atoms with Gasteiger partial charge in [-0.3, -0.25) is 13.7 Å². The summed E-state index contributed by atoms with van der Waals surface area (Å²) < 4.78 is 86.5.